The van der Waals surface area contributed by atoms with Crippen molar-refractivity contribution >= 4 is 11.9 Å². The second-order valence-electron chi connectivity index (χ2n) is 5.42. The second-order valence-corrected chi connectivity index (χ2v) is 5.42. The molecule has 126 valence electrons. The van der Waals surface area contributed by atoms with Crippen LogP contribution < -0.4 is 10.1 Å². The van der Waals surface area contributed by atoms with Crippen LogP contribution in [0.25, 0.3) is 0 Å². The third kappa shape index (κ3) is 5.12. The molecule has 0 unspecified atom stereocenters. The average molecular weight is 327 g/mol. The molecule has 5 nitrogen and oxygen atoms in total. The fraction of sp³-hybridized carbons (Fsp3) is 0.263. The van der Waals surface area contributed by atoms with E-state index in [4.69, 9.17) is 9.47 Å². The monoisotopic (exact) mass is 327 g/mol. The van der Waals surface area contributed by atoms with E-state index >= 15 is 0 Å². The number of methoxy groups -OCH3 is 1. The summed E-state index contributed by atoms with van der Waals surface area (Å²) in [6.07, 6.45) is 0. The van der Waals surface area contributed by atoms with E-state index in [1.165, 1.54) is 7.11 Å². The number of carbonyl (C=O) groups is 2. The zero-order valence-electron chi connectivity index (χ0n) is 13.8. The lowest BCUT2D eigenvalue weighted by Crippen LogP contribution is -2.31. The van der Waals surface area contributed by atoms with Crippen LogP contribution >= 0.6 is 0 Å². The molecule has 0 heterocycles. The van der Waals surface area contributed by atoms with Crippen molar-refractivity contribution in [1.82, 2.24) is 5.32 Å². The van der Waals surface area contributed by atoms with Gasteiger partial charge in [0.2, 0.25) is 0 Å². The summed E-state index contributed by atoms with van der Waals surface area (Å²) >= 11 is 0. The first-order valence-corrected chi connectivity index (χ1v) is 7.73. The smallest absolute Gasteiger partial charge is 0.338 e. The molecule has 0 aromatic heterocycles. The van der Waals surface area contributed by atoms with Gasteiger partial charge < -0.3 is 14.8 Å². The summed E-state index contributed by atoms with van der Waals surface area (Å²) in [6, 6.07) is 16.5. The Morgan fingerprint density at radius 2 is 1.83 bits per heavy atom. The predicted molar refractivity (Wildman–Crippen MR) is 91.1 cm³/mol. The highest BCUT2D eigenvalue weighted by molar-refractivity contribution is 5.91. The summed E-state index contributed by atoms with van der Waals surface area (Å²) in [5.74, 6) is -0.135. The molecular formula is C19H21NO4. The Morgan fingerprint density at radius 1 is 1.08 bits per heavy atom. The number of rotatable bonds is 7. The van der Waals surface area contributed by atoms with E-state index < -0.39 is 5.97 Å². The van der Waals surface area contributed by atoms with E-state index in [2.05, 4.69) is 5.32 Å². The van der Waals surface area contributed by atoms with Gasteiger partial charge in [0.25, 0.3) is 5.91 Å². The van der Waals surface area contributed by atoms with Gasteiger partial charge in [0, 0.05) is 6.54 Å². The van der Waals surface area contributed by atoms with Crippen molar-refractivity contribution in [1.29, 1.82) is 0 Å². The van der Waals surface area contributed by atoms with Crippen LogP contribution in [0.15, 0.2) is 54.6 Å². The van der Waals surface area contributed by atoms with Gasteiger partial charge in [-0.05, 0) is 29.7 Å². The lowest BCUT2D eigenvalue weighted by molar-refractivity contribution is -0.124. The second kappa shape index (κ2) is 8.72. The van der Waals surface area contributed by atoms with Crippen molar-refractivity contribution in [3.63, 3.8) is 0 Å². The molecule has 2 aromatic carbocycles. The number of nitrogens with one attached hydrogen (secondary N) is 1. The molecule has 0 spiro atoms. The lowest BCUT2D eigenvalue weighted by atomic mass is 10.0. The first-order chi connectivity index (χ1) is 11.6. The molecule has 0 fully saturated rings. The van der Waals surface area contributed by atoms with Gasteiger partial charge in [0.15, 0.2) is 6.61 Å². The van der Waals surface area contributed by atoms with Crippen molar-refractivity contribution in [3.8, 4) is 5.75 Å². The third-order valence-corrected chi connectivity index (χ3v) is 3.61. The van der Waals surface area contributed by atoms with E-state index in [1.54, 1.807) is 24.3 Å². The minimum atomic E-state index is -0.555. The number of esters is 1. The molecule has 0 aliphatic carbocycles. The van der Waals surface area contributed by atoms with Gasteiger partial charge in [0.1, 0.15) is 5.75 Å². The minimum Gasteiger partial charge on any atom is -0.497 e. The standard InChI is InChI=1S/C19H21NO4/c1-14(15-7-4-3-5-8-15)12-20-18(21)13-24-19(22)16-9-6-10-17(11-16)23-2/h3-11,14H,12-13H2,1-2H3,(H,20,21)/t14-/m0/s1. The maximum absolute atomic E-state index is 11.9. The van der Waals surface area contributed by atoms with E-state index in [0.717, 1.165) is 5.56 Å². The normalized spacial score (nSPS) is 11.4. The van der Waals surface area contributed by atoms with E-state index in [-0.39, 0.29) is 18.4 Å². The van der Waals surface area contributed by atoms with Gasteiger partial charge in [-0.1, -0.05) is 43.3 Å². The molecule has 5 heteroatoms. The number of ether oxygens (including phenoxy) is 2. The Balaban J connectivity index is 1.77. The topological polar surface area (TPSA) is 64.6 Å². The molecular weight excluding hydrogens is 306 g/mol. The minimum absolute atomic E-state index is 0.184. The highest BCUT2D eigenvalue weighted by Gasteiger charge is 2.12. The fourth-order valence-electron chi connectivity index (χ4n) is 2.18. The molecule has 0 bridgehead atoms. The van der Waals surface area contributed by atoms with Gasteiger partial charge in [-0.3, -0.25) is 4.79 Å². The van der Waals surface area contributed by atoms with Crippen LogP contribution in [0.4, 0.5) is 0 Å². The van der Waals surface area contributed by atoms with Crippen molar-refractivity contribution in [2.24, 2.45) is 0 Å². The van der Waals surface area contributed by atoms with E-state index in [1.807, 2.05) is 37.3 Å². The van der Waals surface area contributed by atoms with Crippen molar-refractivity contribution in [3.05, 3.63) is 65.7 Å². The highest BCUT2D eigenvalue weighted by atomic mass is 16.5. The van der Waals surface area contributed by atoms with Crippen molar-refractivity contribution in [2.75, 3.05) is 20.3 Å². The van der Waals surface area contributed by atoms with Crippen LogP contribution in [0.2, 0.25) is 0 Å². The Labute approximate surface area is 141 Å². The molecule has 0 aliphatic rings. The maximum Gasteiger partial charge on any atom is 0.338 e. The Hall–Kier alpha value is -2.82. The number of carbonyl (C=O) groups excluding carboxylic acids is 2. The van der Waals surface area contributed by atoms with Crippen molar-refractivity contribution in [2.45, 2.75) is 12.8 Å². The van der Waals surface area contributed by atoms with Crippen LogP contribution in [0.3, 0.4) is 0 Å². The Morgan fingerprint density at radius 3 is 2.54 bits per heavy atom. The summed E-state index contributed by atoms with van der Waals surface area (Å²) in [5.41, 5.74) is 1.49. The first-order valence-electron chi connectivity index (χ1n) is 7.73. The van der Waals surface area contributed by atoms with Crippen molar-refractivity contribution < 1.29 is 19.1 Å². The third-order valence-electron chi connectivity index (χ3n) is 3.61. The van der Waals surface area contributed by atoms with Crippen LogP contribution in [0.1, 0.15) is 28.8 Å². The van der Waals surface area contributed by atoms with Gasteiger partial charge in [-0.15, -0.1) is 0 Å². The first kappa shape index (κ1) is 17.5. The molecule has 0 radical (unpaired) electrons. The molecule has 0 saturated carbocycles. The number of benzene rings is 2. The van der Waals surface area contributed by atoms with Gasteiger partial charge in [0.05, 0.1) is 12.7 Å². The number of hydrogen-bond donors (Lipinski definition) is 1. The Kier molecular flexibility index (Phi) is 6.37. The van der Waals surface area contributed by atoms with Crippen LogP contribution in [0, 0.1) is 0 Å². The zero-order valence-corrected chi connectivity index (χ0v) is 13.8. The number of amides is 1. The molecule has 2 aromatic rings. The fourth-order valence-corrected chi connectivity index (χ4v) is 2.18. The largest absolute Gasteiger partial charge is 0.497 e. The molecule has 24 heavy (non-hydrogen) atoms. The quantitative estimate of drug-likeness (QED) is 0.794. The highest BCUT2D eigenvalue weighted by Crippen LogP contribution is 2.14. The maximum atomic E-state index is 11.9. The van der Waals surface area contributed by atoms with Crippen LogP contribution in [0.5, 0.6) is 5.75 Å². The lowest BCUT2D eigenvalue weighted by Gasteiger charge is -2.13. The summed E-state index contributed by atoms with van der Waals surface area (Å²) in [4.78, 5) is 23.7. The zero-order chi connectivity index (χ0) is 17.4. The van der Waals surface area contributed by atoms with Gasteiger partial charge >= 0.3 is 5.97 Å². The van der Waals surface area contributed by atoms with Crippen LogP contribution in [-0.4, -0.2) is 32.1 Å². The summed E-state index contributed by atoms with van der Waals surface area (Å²) in [5, 5.41) is 2.77. The summed E-state index contributed by atoms with van der Waals surface area (Å²) in [6.45, 7) is 2.20. The van der Waals surface area contributed by atoms with E-state index in [0.29, 0.717) is 17.9 Å². The van der Waals surface area contributed by atoms with Gasteiger partial charge in [-0.25, -0.2) is 4.79 Å². The van der Waals surface area contributed by atoms with E-state index in [9.17, 15) is 9.59 Å². The summed E-state index contributed by atoms with van der Waals surface area (Å²) in [7, 11) is 1.52. The van der Waals surface area contributed by atoms with Crippen LogP contribution in [-0.2, 0) is 9.53 Å². The average Bonchev–Trinajstić information content (AvgIpc) is 2.64. The molecule has 1 N–H and O–H groups in total. The molecule has 2 rings (SSSR count). The molecule has 0 saturated heterocycles. The SMILES string of the molecule is COc1cccc(C(=O)OCC(=O)NC[C@H](C)c2ccccc2)c1. The van der Waals surface area contributed by atoms with Gasteiger partial charge in [-0.2, -0.15) is 0 Å². The molecule has 1 amide bonds. The Bertz CT molecular complexity index is 685. The molecule has 1 atom stereocenters. The number of hydrogen-bond acceptors (Lipinski definition) is 4. The summed E-state index contributed by atoms with van der Waals surface area (Å²) < 4.78 is 10.1. The predicted octanol–water partition coefficient (Wildman–Crippen LogP) is 2.77. The molecule has 0 aliphatic heterocycles.